The van der Waals surface area contributed by atoms with Crippen molar-refractivity contribution in [2.75, 3.05) is 39.4 Å². The molecule has 0 unspecified atom stereocenters. The summed E-state index contributed by atoms with van der Waals surface area (Å²) in [6.45, 7) is 11.6. The Kier molecular flexibility index (Phi) is 27.6. The quantitative estimate of drug-likeness (QED) is 0.0630. The molecule has 0 aliphatic rings. The van der Waals surface area contributed by atoms with E-state index in [-0.39, 0.29) is 13.2 Å². The van der Waals surface area contributed by atoms with Crippen LogP contribution in [-0.2, 0) is 20.0 Å². The third kappa shape index (κ3) is 20.5. The third-order valence-electron chi connectivity index (χ3n) is 10.6. The van der Waals surface area contributed by atoms with Crippen LogP contribution in [0.5, 0.6) is 11.5 Å². The van der Waals surface area contributed by atoms with E-state index >= 15 is 0 Å². The number of benzene rings is 2. The van der Waals surface area contributed by atoms with E-state index in [1.807, 2.05) is 0 Å². The number of hydrogen-bond acceptors (Lipinski definition) is 6. The Morgan fingerprint density at radius 3 is 0.839 bits per heavy atom. The van der Waals surface area contributed by atoms with Crippen molar-refractivity contribution in [2.45, 2.75) is 192 Å². The molecule has 0 aliphatic carbocycles. The van der Waals surface area contributed by atoms with E-state index in [1.54, 1.807) is 57.1 Å². The molecule has 0 N–H and O–H groups in total. The molecule has 8 nitrogen and oxygen atoms in total. The van der Waals surface area contributed by atoms with E-state index in [0.717, 1.165) is 77.0 Å². The van der Waals surface area contributed by atoms with Gasteiger partial charge in [-0.05, 0) is 74.2 Å². The minimum Gasteiger partial charge on any atom is -0.490 e. The van der Waals surface area contributed by atoms with Crippen molar-refractivity contribution in [2.24, 2.45) is 0 Å². The molecule has 0 bridgehead atoms. The van der Waals surface area contributed by atoms with Crippen LogP contribution < -0.4 is 9.47 Å². The van der Waals surface area contributed by atoms with Gasteiger partial charge in [0.2, 0.25) is 20.0 Å². The average Bonchev–Trinajstić information content (AvgIpc) is 3.20. The zero-order valence-corrected chi connectivity index (χ0v) is 37.6. The Balaban J connectivity index is 1.92. The van der Waals surface area contributed by atoms with Crippen molar-refractivity contribution >= 4 is 20.0 Å². The molecular formula is C46H80N2O6S2. The van der Waals surface area contributed by atoms with Gasteiger partial charge in [-0.25, -0.2) is 16.8 Å². The van der Waals surface area contributed by atoms with Gasteiger partial charge in [-0.2, -0.15) is 8.61 Å². The highest BCUT2D eigenvalue weighted by Crippen LogP contribution is 2.24. The van der Waals surface area contributed by atoms with Gasteiger partial charge in [0.1, 0.15) is 24.7 Å². The van der Waals surface area contributed by atoms with Gasteiger partial charge in [0.05, 0.1) is 9.79 Å². The highest BCUT2D eigenvalue weighted by molar-refractivity contribution is 7.89. The van der Waals surface area contributed by atoms with Gasteiger partial charge in [-0.1, -0.05) is 156 Å². The molecular weight excluding hydrogens is 741 g/mol. The van der Waals surface area contributed by atoms with Crippen molar-refractivity contribution < 1.29 is 26.3 Å². The maximum Gasteiger partial charge on any atom is 0.243 e. The molecule has 0 saturated carbocycles. The second kappa shape index (κ2) is 30.9. The summed E-state index contributed by atoms with van der Waals surface area (Å²) in [6, 6.07) is 13.4. The van der Waals surface area contributed by atoms with Gasteiger partial charge < -0.3 is 9.47 Å². The number of rotatable bonds is 37. The smallest absolute Gasteiger partial charge is 0.243 e. The van der Waals surface area contributed by atoms with Gasteiger partial charge >= 0.3 is 0 Å². The molecule has 0 fully saturated rings. The summed E-state index contributed by atoms with van der Waals surface area (Å²) >= 11 is 0. The Hall–Kier alpha value is -2.14. The highest BCUT2D eigenvalue weighted by atomic mass is 32.2. The molecule has 0 heterocycles. The van der Waals surface area contributed by atoms with Crippen LogP contribution in [0.25, 0.3) is 0 Å². The first-order valence-electron chi connectivity index (χ1n) is 22.7. The summed E-state index contributed by atoms with van der Waals surface area (Å²) in [5, 5.41) is 0. The molecule has 0 aromatic heterocycles. The SMILES string of the molecule is CCCCCCCCN(CCCCCCCC)S(=O)(=O)c1ccc(OCCOc2ccc(S(=O)(=O)N(CCCCCCCC)CCCCCCCC)cc2)cc1. The van der Waals surface area contributed by atoms with Crippen LogP contribution in [0.2, 0.25) is 0 Å². The van der Waals surface area contributed by atoms with Gasteiger partial charge in [-0.15, -0.1) is 0 Å². The fraction of sp³-hybridized carbons (Fsp3) is 0.739. The fourth-order valence-corrected chi connectivity index (χ4v) is 10.0. The molecule has 0 radical (unpaired) electrons. The highest BCUT2D eigenvalue weighted by Gasteiger charge is 2.25. The largest absolute Gasteiger partial charge is 0.490 e. The van der Waals surface area contributed by atoms with E-state index in [1.165, 1.54) is 77.0 Å². The lowest BCUT2D eigenvalue weighted by Gasteiger charge is -2.22. The number of sulfonamides is 2. The van der Waals surface area contributed by atoms with Crippen LogP contribution in [0.15, 0.2) is 58.3 Å². The third-order valence-corrected chi connectivity index (χ3v) is 14.4. The predicted octanol–water partition coefficient (Wildman–Crippen LogP) is 12.6. The first-order chi connectivity index (χ1) is 27.2. The molecule has 10 heteroatoms. The first-order valence-corrected chi connectivity index (χ1v) is 25.5. The molecule has 0 spiro atoms. The monoisotopic (exact) mass is 821 g/mol. The lowest BCUT2D eigenvalue weighted by molar-refractivity contribution is 0.217. The van der Waals surface area contributed by atoms with E-state index in [9.17, 15) is 16.8 Å². The topological polar surface area (TPSA) is 93.2 Å². The molecule has 2 rings (SSSR count). The molecule has 2 aromatic carbocycles. The second-order valence-electron chi connectivity index (χ2n) is 15.5. The van der Waals surface area contributed by atoms with Gasteiger partial charge in [0.25, 0.3) is 0 Å². The molecule has 0 amide bonds. The van der Waals surface area contributed by atoms with Gasteiger partial charge in [-0.3, -0.25) is 0 Å². The Morgan fingerprint density at radius 1 is 0.357 bits per heavy atom. The van der Waals surface area contributed by atoms with Crippen molar-refractivity contribution in [3.8, 4) is 11.5 Å². The lowest BCUT2D eigenvalue weighted by Crippen LogP contribution is -2.33. The molecule has 322 valence electrons. The molecule has 2 aromatic rings. The Bertz CT molecular complexity index is 1310. The maximum absolute atomic E-state index is 13.7. The zero-order valence-electron chi connectivity index (χ0n) is 36.0. The van der Waals surface area contributed by atoms with Crippen LogP contribution in [-0.4, -0.2) is 64.8 Å². The minimum atomic E-state index is -3.61. The van der Waals surface area contributed by atoms with Crippen molar-refractivity contribution in [3.05, 3.63) is 48.5 Å². The standard InChI is InChI=1S/C46H80N2O6S2/c1-5-9-13-17-21-25-37-47(38-26-22-18-14-10-6-2)55(49,50)45-33-29-43(30-34-45)53-41-42-54-44-31-35-46(36-32-44)56(51,52)48(39-27-23-19-15-11-7-3)40-28-24-20-16-12-8-4/h29-36H,5-28,37-42H2,1-4H3. The Morgan fingerprint density at radius 2 is 0.589 bits per heavy atom. The van der Waals surface area contributed by atoms with Crippen LogP contribution in [0.3, 0.4) is 0 Å². The van der Waals surface area contributed by atoms with E-state index < -0.39 is 20.0 Å². The minimum absolute atomic E-state index is 0.263. The normalized spacial score (nSPS) is 12.2. The lowest BCUT2D eigenvalue weighted by atomic mass is 10.1. The molecule has 0 saturated heterocycles. The van der Waals surface area contributed by atoms with Crippen LogP contribution >= 0.6 is 0 Å². The predicted molar refractivity (Wildman–Crippen MR) is 235 cm³/mol. The van der Waals surface area contributed by atoms with Crippen LogP contribution in [0.4, 0.5) is 0 Å². The maximum atomic E-state index is 13.7. The van der Waals surface area contributed by atoms with Crippen molar-refractivity contribution in [1.29, 1.82) is 0 Å². The summed E-state index contributed by atoms with van der Waals surface area (Å²) in [4.78, 5) is 0.594. The summed E-state index contributed by atoms with van der Waals surface area (Å²) in [6.07, 6.45) is 26.9. The van der Waals surface area contributed by atoms with E-state index in [0.29, 0.717) is 47.5 Å². The van der Waals surface area contributed by atoms with Gasteiger partial charge in [0, 0.05) is 26.2 Å². The van der Waals surface area contributed by atoms with E-state index in [4.69, 9.17) is 9.47 Å². The van der Waals surface area contributed by atoms with Crippen LogP contribution in [0.1, 0.15) is 182 Å². The summed E-state index contributed by atoms with van der Waals surface area (Å²) in [5.74, 6) is 1.14. The number of unbranched alkanes of at least 4 members (excludes halogenated alkanes) is 20. The average molecular weight is 821 g/mol. The number of hydrogen-bond donors (Lipinski definition) is 0. The summed E-state index contributed by atoms with van der Waals surface area (Å²) in [5.41, 5.74) is 0. The van der Waals surface area contributed by atoms with Crippen LogP contribution in [0, 0.1) is 0 Å². The van der Waals surface area contributed by atoms with Crippen molar-refractivity contribution in [1.82, 2.24) is 8.61 Å². The molecule has 56 heavy (non-hydrogen) atoms. The number of ether oxygens (including phenoxy) is 2. The van der Waals surface area contributed by atoms with Gasteiger partial charge in [0.15, 0.2) is 0 Å². The molecule has 0 atom stereocenters. The summed E-state index contributed by atoms with van der Waals surface area (Å²) in [7, 11) is -7.21. The van der Waals surface area contributed by atoms with E-state index in [2.05, 4.69) is 27.7 Å². The number of nitrogens with zero attached hydrogens (tertiary/aromatic N) is 2. The Labute approximate surface area is 344 Å². The second-order valence-corrected chi connectivity index (χ2v) is 19.4. The fourth-order valence-electron chi connectivity index (χ4n) is 7.01. The first kappa shape index (κ1) is 50.0. The molecule has 0 aliphatic heterocycles. The van der Waals surface area contributed by atoms with Crippen molar-refractivity contribution in [3.63, 3.8) is 0 Å². The zero-order chi connectivity index (χ0) is 40.7. The summed E-state index contributed by atoms with van der Waals surface area (Å²) < 4.78 is 70.0.